The van der Waals surface area contributed by atoms with Gasteiger partial charge in [0.2, 0.25) is 0 Å². The van der Waals surface area contributed by atoms with Crippen molar-refractivity contribution < 1.29 is 9.59 Å². The Morgan fingerprint density at radius 3 is 2.26 bits per heavy atom. The second kappa shape index (κ2) is 5.54. The van der Waals surface area contributed by atoms with Crippen LogP contribution < -0.4 is 0 Å². The van der Waals surface area contributed by atoms with Crippen LogP contribution in [-0.4, -0.2) is 16.7 Å². The van der Waals surface area contributed by atoms with Gasteiger partial charge >= 0.3 is 0 Å². The molecule has 1 aliphatic heterocycles. The summed E-state index contributed by atoms with van der Waals surface area (Å²) in [6.45, 7) is 5.87. The molecule has 0 saturated heterocycles. The first-order valence-electron chi connectivity index (χ1n) is 7.17. The van der Waals surface area contributed by atoms with E-state index < -0.39 is 0 Å². The summed E-state index contributed by atoms with van der Waals surface area (Å²) in [7, 11) is 0. The Morgan fingerprint density at radius 2 is 1.74 bits per heavy atom. The first-order valence-corrected chi connectivity index (χ1v) is 7.17. The number of hydrogen-bond donors (Lipinski definition) is 0. The summed E-state index contributed by atoms with van der Waals surface area (Å²) in [5, 5.41) is 9.14. The van der Waals surface area contributed by atoms with E-state index in [1.165, 1.54) is 4.90 Å². The molecule has 2 aromatic carbocycles. The molecule has 3 rings (SSSR count). The maximum absolute atomic E-state index is 12.4. The van der Waals surface area contributed by atoms with Gasteiger partial charge < -0.3 is 0 Å². The highest BCUT2D eigenvalue weighted by atomic mass is 16.2. The largest absolute Gasteiger partial charge is 0.270 e. The summed E-state index contributed by atoms with van der Waals surface area (Å²) in [5.74, 6) is -0.571. The van der Waals surface area contributed by atoms with E-state index in [0.717, 1.165) is 16.7 Å². The minimum absolute atomic E-state index is 0.179. The van der Waals surface area contributed by atoms with Crippen LogP contribution in [0.3, 0.4) is 0 Å². The van der Waals surface area contributed by atoms with Crippen molar-refractivity contribution in [2.24, 2.45) is 0 Å². The number of hydrogen-bond acceptors (Lipinski definition) is 3. The van der Waals surface area contributed by atoms with Gasteiger partial charge in [-0.1, -0.05) is 24.8 Å². The summed E-state index contributed by atoms with van der Waals surface area (Å²) in [6.07, 6.45) is 0. The van der Waals surface area contributed by atoms with Gasteiger partial charge in [-0.25, -0.2) is 0 Å². The van der Waals surface area contributed by atoms with Crippen molar-refractivity contribution in [1.82, 2.24) is 4.90 Å². The van der Waals surface area contributed by atoms with Crippen molar-refractivity contribution in [3.63, 3.8) is 0 Å². The number of imide groups is 1. The van der Waals surface area contributed by atoms with Gasteiger partial charge in [-0.05, 0) is 47.9 Å². The Morgan fingerprint density at radius 1 is 1.13 bits per heavy atom. The van der Waals surface area contributed by atoms with Crippen LogP contribution in [0.15, 0.2) is 49.0 Å². The molecule has 2 aromatic rings. The second-order valence-corrected chi connectivity index (χ2v) is 5.51. The first kappa shape index (κ1) is 14.7. The highest BCUT2D eigenvalue weighted by Crippen LogP contribution is 2.26. The molecule has 0 aromatic heterocycles. The topological polar surface area (TPSA) is 61.2 Å². The van der Waals surface area contributed by atoms with Crippen LogP contribution in [0.5, 0.6) is 0 Å². The number of allylic oxidation sites excluding steroid dienone is 1. The molecule has 0 radical (unpaired) electrons. The second-order valence-electron chi connectivity index (χ2n) is 5.51. The maximum Gasteiger partial charge on any atom is 0.261 e. The van der Waals surface area contributed by atoms with Crippen molar-refractivity contribution in [1.29, 1.82) is 5.26 Å². The Bertz CT molecular complexity index is 855. The molecule has 0 spiro atoms. The fourth-order valence-corrected chi connectivity index (χ4v) is 2.71. The highest BCUT2D eigenvalue weighted by molar-refractivity contribution is 6.21. The average molecular weight is 302 g/mol. The number of nitrogens with zero attached hydrogens (tertiary/aromatic N) is 2. The zero-order valence-electron chi connectivity index (χ0n) is 12.7. The third-order valence-electron chi connectivity index (χ3n) is 3.88. The van der Waals surface area contributed by atoms with Crippen LogP contribution in [-0.2, 0) is 6.54 Å². The number of rotatable bonds is 3. The smallest absolute Gasteiger partial charge is 0.261 e. The lowest BCUT2D eigenvalue weighted by molar-refractivity contribution is 0.0642. The van der Waals surface area contributed by atoms with E-state index in [1.54, 1.807) is 36.4 Å². The summed E-state index contributed by atoms with van der Waals surface area (Å²) in [5.41, 5.74) is 3.70. The molecule has 1 heterocycles. The third-order valence-corrected chi connectivity index (χ3v) is 3.88. The van der Waals surface area contributed by atoms with Crippen molar-refractivity contribution >= 4 is 17.4 Å². The zero-order chi connectivity index (χ0) is 16.6. The normalized spacial score (nSPS) is 13.0. The van der Waals surface area contributed by atoms with Crippen molar-refractivity contribution in [2.45, 2.75) is 13.5 Å². The fourth-order valence-electron chi connectivity index (χ4n) is 2.71. The van der Waals surface area contributed by atoms with E-state index in [1.807, 2.05) is 13.0 Å². The summed E-state index contributed by atoms with van der Waals surface area (Å²) in [4.78, 5) is 26.0. The molecule has 0 bridgehead atoms. The lowest BCUT2D eigenvalue weighted by Gasteiger charge is -2.15. The van der Waals surface area contributed by atoms with Crippen LogP contribution >= 0.6 is 0 Å². The summed E-state index contributed by atoms with van der Waals surface area (Å²) >= 11 is 0. The highest BCUT2D eigenvalue weighted by Gasteiger charge is 2.34. The number of carbonyl (C=O) groups excluding carboxylic acids is 2. The van der Waals surface area contributed by atoms with Crippen LogP contribution in [0.25, 0.3) is 5.57 Å². The Hall–Kier alpha value is -3.19. The summed E-state index contributed by atoms with van der Waals surface area (Å²) < 4.78 is 0. The van der Waals surface area contributed by atoms with E-state index in [0.29, 0.717) is 16.7 Å². The minimum atomic E-state index is -0.285. The quantitative estimate of drug-likeness (QED) is 0.816. The molecule has 0 saturated carbocycles. The molecule has 0 N–H and O–H groups in total. The van der Waals surface area contributed by atoms with Gasteiger partial charge in [0.15, 0.2) is 0 Å². The van der Waals surface area contributed by atoms with E-state index in [2.05, 4.69) is 12.6 Å². The Labute approximate surface area is 134 Å². The average Bonchev–Trinajstić information content (AvgIpc) is 2.80. The number of amides is 2. The van der Waals surface area contributed by atoms with Gasteiger partial charge in [0.25, 0.3) is 11.8 Å². The molecule has 112 valence electrons. The number of benzene rings is 2. The first-order chi connectivity index (χ1) is 11.0. The molecule has 0 fully saturated rings. The predicted molar refractivity (Wildman–Crippen MR) is 86.5 cm³/mol. The van der Waals surface area contributed by atoms with E-state index in [-0.39, 0.29) is 18.4 Å². The molecule has 4 heteroatoms. The van der Waals surface area contributed by atoms with Crippen molar-refractivity contribution in [3.8, 4) is 6.07 Å². The SMILES string of the molecule is C=C(C)c1cc(CN2C(=O)c3ccccc3C2=O)ccc1C#N. The number of fused-ring (bicyclic) bond motifs is 1. The van der Waals surface area contributed by atoms with Crippen molar-refractivity contribution in [2.75, 3.05) is 0 Å². The molecule has 1 aliphatic rings. The molecule has 4 nitrogen and oxygen atoms in total. The van der Waals surface area contributed by atoms with Crippen molar-refractivity contribution in [3.05, 3.63) is 76.9 Å². The number of carbonyl (C=O) groups is 2. The molecule has 0 atom stereocenters. The van der Waals surface area contributed by atoms with Gasteiger partial charge in [0, 0.05) is 0 Å². The standard InChI is InChI=1S/C19H14N2O2/c1-12(2)17-9-13(7-8-14(17)10-20)11-21-18(22)15-5-3-4-6-16(15)19(21)23/h3-9H,1,11H2,2H3. The van der Waals surface area contributed by atoms with Gasteiger partial charge in [-0.15, -0.1) is 0 Å². The molecule has 23 heavy (non-hydrogen) atoms. The number of nitriles is 1. The Kier molecular flexibility index (Phi) is 3.55. The lowest BCUT2D eigenvalue weighted by atomic mass is 9.99. The van der Waals surface area contributed by atoms with E-state index in [9.17, 15) is 9.59 Å². The minimum Gasteiger partial charge on any atom is -0.270 e. The van der Waals surface area contributed by atoms with Gasteiger partial charge in [-0.2, -0.15) is 5.26 Å². The molecular weight excluding hydrogens is 288 g/mol. The van der Waals surface area contributed by atoms with Crippen LogP contribution in [0, 0.1) is 11.3 Å². The van der Waals surface area contributed by atoms with Crippen LogP contribution in [0.4, 0.5) is 0 Å². The molecule has 2 amide bonds. The van der Waals surface area contributed by atoms with Gasteiger partial charge in [0.05, 0.1) is 29.3 Å². The Balaban J connectivity index is 1.94. The zero-order valence-corrected chi connectivity index (χ0v) is 12.7. The fraction of sp³-hybridized carbons (Fsp3) is 0.105. The lowest BCUT2D eigenvalue weighted by Crippen LogP contribution is -2.29. The van der Waals surface area contributed by atoms with Gasteiger partial charge in [0.1, 0.15) is 0 Å². The molecule has 0 aliphatic carbocycles. The molecular formula is C19H14N2O2. The van der Waals surface area contributed by atoms with Gasteiger partial charge in [-0.3, -0.25) is 14.5 Å². The monoisotopic (exact) mass is 302 g/mol. The van der Waals surface area contributed by atoms with E-state index in [4.69, 9.17) is 5.26 Å². The molecule has 0 unspecified atom stereocenters. The third kappa shape index (κ3) is 2.43. The van der Waals surface area contributed by atoms with Crippen LogP contribution in [0.1, 0.15) is 44.3 Å². The van der Waals surface area contributed by atoms with Crippen LogP contribution in [0.2, 0.25) is 0 Å². The summed E-state index contributed by atoms with van der Waals surface area (Å²) in [6, 6.07) is 14.2. The van der Waals surface area contributed by atoms with E-state index >= 15 is 0 Å². The maximum atomic E-state index is 12.4. The predicted octanol–water partition coefficient (Wildman–Crippen LogP) is 3.39.